The number of aliphatic hydroxyl groups excluding tert-OH is 2. The van der Waals surface area contributed by atoms with E-state index in [0.29, 0.717) is 12.2 Å². The molecule has 0 spiro atoms. The van der Waals surface area contributed by atoms with Gasteiger partial charge in [-0.25, -0.2) is 0 Å². The topological polar surface area (TPSA) is 133 Å². The molecule has 0 aromatic heterocycles. The lowest BCUT2D eigenvalue weighted by atomic mass is 9.87. The number of carbonyl (C=O) groups is 4. The number of amides is 2. The van der Waals surface area contributed by atoms with Crippen molar-refractivity contribution in [3.05, 3.63) is 0 Å². The van der Waals surface area contributed by atoms with Crippen molar-refractivity contribution in [1.82, 2.24) is 10.6 Å². The Morgan fingerprint density at radius 1 is 1.12 bits per heavy atom. The Morgan fingerprint density at radius 2 is 1.73 bits per heavy atom. The summed E-state index contributed by atoms with van der Waals surface area (Å²) in [7, 11) is 0. The van der Waals surface area contributed by atoms with Gasteiger partial charge in [-0.15, -0.1) is 0 Å². The molecule has 26 heavy (non-hydrogen) atoms. The Balaban J connectivity index is 3.96. The summed E-state index contributed by atoms with van der Waals surface area (Å²) in [5, 5.41) is 23.8. The number of aliphatic hydroxyl groups is 2. The molecule has 0 radical (unpaired) electrons. The molecule has 0 aromatic carbocycles. The molecular formula is C17H30N2O6S. The fourth-order valence-corrected chi connectivity index (χ4v) is 2.62. The van der Waals surface area contributed by atoms with E-state index in [1.165, 1.54) is 0 Å². The zero-order chi connectivity index (χ0) is 20.3. The van der Waals surface area contributed by atoms with Crippen LogP contribution in [0.4, 0.5) is 0 Å². The molecular weight excluding hydrogens is 360 g/mol. The van der Waals surface area contributed by atoms with E-state index in [2.05, 4.69) is 10.6 Å². The third-order valence-corrected chi connectivity index (χ3v) is 4.95. The van der Waals surface area contributed by atoms with Crippen LogP contribution in [0.3, 0.4) is 0 Å². The van der Waals surface area contributed by atoms with Gasteiger partial charge < -0.3 is 20.8 Å². The number of Topliss-reactive ketones (excluding diaryl/α,β-unsaturated/α-hetero) is 1. The Bertz CT molecular complexity index is 509. The van der Waals surface area contributed by atoms with Crippen molar-refractivity contribution in [2.45, 2.75) is 46.6 Å². The van der Waals surface area contributed by atoms with Crippen molar-refractivity contribution >= 4 is 34.5 Å². The highest BCUT2D eigenvalue weighted by molar-refractivity contribution is 8.13. The first-order chi connectivity index (χ1) is 12.1. The van der Waals surface area contributed by atoms with Crippen molar-refractivity contribution in [3.8, 4) is 0 Å². The van der Waals surface area contributed by atoms with Crippen molar-refractivity contribution in [2.75, 3.05) is 25.4 Å². The van der Waals surface area contributed by atoms with E-state index in [1.807, 2.05) is 0 Å². The highest BCUT2D eigenvalue weighted by Crippen LogP contribution is 2.19. The summed E-state index contributed by atoms with van der Waals surface area (Å²) in [5.74, 6) is -1.32. The lowest BCUT2D eigenvalue weighted by Crippen LogP contribution is -2.46. The molecule has 0 aliphatic carbocycles. The fraction of sp³-hybridized carbons (Fsp3) is 0.765. The van der Waals surface area contributed by atoms with Crippen molar-refractivity contribution in [3.63, 3.8) is 0 Å². The quantitative estimate of drug-likeness (QED) is 0.269. The molecule has 0 saturated heterocycles. The Morgan fingerprint density at radius 3 is 2.27 bits per heavy atom. The summed E-state index contributed by atoms with van der Waals surface area (Å²) in [6.07, 6.45) is -1.02. The molecule has 0 heterocycles. The summed E-state index contributed by atoms with van der Waals surface area (Å²) in [6, 6.07) is 0. The minimum atomic E-state index is -1.37. The number of carbonyl (C=O) groups excluding carboxylic acids is 4. The maximum atomic E-state index is 11.7. The predicted octanol–water partition coefficient (Wildman–Crippen LogP) is -0.137. The van der Waals surface area contributed by atoms with E-state index in [4.69, 9.17) is 5.11 Å². The molecule has 2 amide bonds. The number of thioether (sulfide) groups is 1. The summed E-state index contributed by atoms with van der Waals surface area (Å²) in [4.78, 5) is 46.6. The van der Waals surface area contributed by atoms with Gasteiger partial charge in [0.25, 0.3) is 0 Å². The Kier molecular flexibility index (Phi) is 11.4. The first kappa shape index (κ1) is 24.6. The van der Waals surface area contributed by atoms with Gasteiger partial charge in [-0.3, -0.25) is 19.2 Å². The average Bonchev–Trinajstić information content (AvgIpc) is 2.62. The van der Waals surface area contributed by atoms with E-state index in [9.17, 15) is 24.3 Å². The van der Waals surface area contributed by atoms with Gasteiger partial charge in [0.2, 0.25) is 11.8 Å². The van der Waals surface area contributed by atoms with Gasteiger partial charge in [0.1, 0.15) is 11.9 Å². The molecule has 0 aromatic rings. The van der Waals surface area contributed by atoms with Crippen LogP contribution in [0.15, 0.2) is 0 Å². The van der Waals surface area contributed by atoms with Gasteiger partial charge in [0, 0.05) is 37.1 Å². The highest BCUT2D eigenvalue weighted by atomic mass is 32.2. The summed E-state index contributed by atoms with van der Waals surface area (Å²) in [5.41, 5.74) is -0.966. The van der Waals surface area contributed by atoms with Gasteiger partial charge in [0.15, 0.2) is 5.12 Å². The Labute approximate surface area is 158 Å². The molecule has 0 bridgehead atoms. The van der Waals surface area contributed by atoms with Crippen LogP contribution in [0.2, 0.25) is 0 Å². The van der Waals surface area contributed by atoms with Crippen molar-refractivity contribution < 1.29 is 29.4 Å². The lowest BCUT2D eigenvalue weighted by molar-refractivity contribution is -0.137. The fourth-order valence-electron chi connectivity index (χ4n) is 1.83. The number of nitrogens with one attached hydrogen (secondary N) is 2. The highest BCUT2D eigenvalue weighted by Gasteiger charge is 2.32. The van der Waals surface area contributed by atoms with Crippen LogP contribution < -0.4 is 10.6 Å². The van der Waals surface area contributed by atoms with Gasteiger partial charge in [-0.05, 0) is 6.92 Å². The largest absolute Gasteiger partial charge is 0.396 e. The van der Waals surface area contributed by atoms with Crippen molar-refractivity contribution in [1.29, 1.82) is 0 Å². The Hall–Kier alpha value is -1.45. The lowest BCUT2D eigenvalue weighted by Gasteiger charge is -2.27. The van der Waals surface area contributed by atoms with Crippen LogP contribution in [-0.2, 0) is 19.2 Å². The van der Waals surface area contributed by atoms with E-state index >= 15 is 0 Å². The van der Waals surface area contributed by atoms with E-state index in [0.717, 1.165) is 11.8 Å². The smallest absolute Gasteiger partial charge is 0.249 e. The summed E-state index contributed by atoms with van der Waals surface area (Å²) in [6.45, 7) is 6.37. The zero-order valence-corrected chi connectivity index (χ0v) is 16.6. The number of ketones is 1. The monoisotopic (exact) mass is 390 g/mol. The molecule has 0 aliphatic rings. The van der Waals surface area contributed by atoms with E-state index < -0.39 is 23.3 Å². The van der Waals surface area contributed by atoms with Gasteiger partial charge >= 0.3 is 0 Å². The number of rotatable bonds is 12. The minimum Gasteiger partial charge on any atom is -0.396 e. The molecule has 4 N–H and O–H groups in total. The molecule has 2 atom stereocenters. The zero-order valence-electron chi connectivity index (χ0n) is 15.8. The van der Waals surface area contributed by atoms with Gasteiger partial charge in [-0.1, -0.05) is 32.5 Å². The number of hydrogen-bond donors (Lipinski definition) is 4. The normalized spacial score (nSPS) is 13.6. The molecule has 0 aliphatic heterocycles. The minimum absolute atomic E-state index is 0.0291. The second-order valence-electron chi connectivity index (χ2n) is 6.65. The predicted molar refractivity (Wildman–Crippen MR) is 99.4 cm³/mol. The van der Waals surface area contributed by atoms with Crippen molar-refractivity contribution in [2.24, 2.45) is 11.3 Å². The SMILES string of the molecule is CCC(=O)[C@@H](C)C(=O)SCCNC(=O)CCNC(=O)[C@H](O)C(C)(C)CO. The van der Waals surface area contributed by atoms with Crippen LogP contribution >= 0.6 is 11.8 Å². The maximum Gasteiger partial charge on any atom is 0.249 e. The van der Waals surface area contributed by atoms with Crippen LogP contribution in [0.5, 0.6) is 0 Å². The van der Waals surface area contributed by atoms with Gasteiger partial charge in [0.05, 0.1) is 12.5 Å². The van der Waals surface area contributed by atoms with Crippen LogP contribution in [0, 0.1) is 11.3 Å². The number of hydrogen-bond acceptors (Lipinski definition) is 7. The standard InChI is InChI=1S/C17H30N2O6S/c1-5-12(21)11(2)16(25)26-9-8-18-13(22)6-7-19-15(24)14(23)17(3,4)10-20/h11,14,20,23H,5-10H2,1-4H3,(H,18,22)(H,19,24)/t11-,14+/m1/s1. The second kappa shape index (κ2) is 12.0. The first-order valence-electron chi connectivity index (χ1n) is 8.59. The van der Waals surface area contributed by atoms with E-state index in [-0.39, 0.29) is 42.9 Å². The summed E-state index contributed by atoms with van der Waals surface area (Å²) >= 11 is 1.01. The third-order valence-electron chi connectivity index (χ3n) is 3.90. The molecule has 150 valence electrons. The maximum absolute atomic E-state index is 11.7. The molecule has 0 rings (SSSR count). The summed E-state index contributed by atoms with van der Waals surface area (Å²) < 4.78 is 0. The molecule has 0 fully saturated rings. The molecule has 9 heteroatoms. The molecule has 0 saturated carbocycles. The molecule has 8 nitrogen and oxygen atoms in total. The van der Waals surface area contributed by atoms with Crippen LogP contribution in [0.25, 0.3) is 0 Å². The first-order valence-corrected chi connectivity index (χ1v) is 9.58. The van der Waals surface area contributed by atoms with Crippen LogP contribution in [0.1, 0.15) is 40.5 Å². The van der Waals surface area contributed by atoms with Crippen LogP contribution in [-0.4, -0.2) is 64.5 Å². The third kappa shape index (κ3) is 8.77. The second-order valence-corrected chi connectivity index (χ2v) is 7.75. The van der Waals surface area contributed by atoms with Gasteiger partial charge in [-0.2, -0.15) is 0 Å². The molecule has 0 unspecified atom stereocenters. The average molecular weight is 391 g/mol. The van der Waals surface area contributed by atoms with E-state index in [1.54, 1.807) is 27.7 Å².